The number of sulfonamides is 1. The normalized spacial score (nSPS) is 13.7. The second-order valence-corrected chi connectivity index (χ2v) is 7.15. The van der Waals surface area contributed by atoms with Gasteiger partial charge in [0.25, 0.3) is 0 Å². The lowest BCUT2D eigenvalue weighted by atomic mass is 10.0. The predicted octanol–water partition coefficient (Wildman–Crippen LogP) is 1.99. The summed E-state index contributed by atoms with van der Waals surface area (Å²) in [6.07, 6.45) is -0.189. The molecule has 19 heavy (non-hydrogen) atoms. The lowest BCUT2D eigenvalue weighted by Crippen LogP contribution is -2.31. The fraction of sp³-hybridized carbons (Fsp3) is 0.571. The van der Waals surface area contributed by atoms with Gasteiger partial charge < -0.3 is 5.11 Å². The van der Waals surface area contributed by atoms with E-state index in [1.165, 1.54) is 0 Å². The van der Waals surface area contributed by atoms with E-state index in [1.807, 2.05) is 45.0 Å². The van der Waals surface area contributed by atoms with E-state index in [0.29, 0.717) is 12.3 Å². The Balaban J connectivity index is 2.55. The zero-order chi connectivity index (χ0) is 14.5. The van der Waals surface area contributed by atoms with Gasteiger partial charge in [-0.2, -0.15) is 0 Å². The number of aryl methyl sites for hydroxylation is 1. The van der Waals surface area contributed by atoms with E-state index in [9.17, 15) is 13.5 Å². The van der Waals surface area contributed by atoms with Gasteiger partial charge in [-0.3, -0.25) is 0 Å². The van der Waals surface area contributed by atoms with Crippen molar-refractivity contribution in [2.24, 2.45) is 5.92 Å². The summed E-state index contributed by atoms with van der Waals surface area (Å²) in [5, 5.41) is 10.0. The monoisotopic (exact) mass is 285 g/mol. The average Bonchev–Trinajstić information content (AvgIpc) is 2.34. The molecule has 0 radical (unpaired) electrons. The Morgan fingerprint density at radius 3 is 2.47 bits per heavy atom. The maximum absolute atomic E-state index is 11.7. The molecule has 1 unspecified atom stereocenters. The fourth-order valence-electron chi connectivity index (χ4n) is 1.74. The second kappa shape index (κ2) is 7.03. The van der Waals surface area contributed by atoms with E-state index in [4.69, 9.17) is 0 Å². The molecule has 0 aliphatic heterocycles. The Bertz CT molecular complexity index is 497. The molecule has 0 aliphatic carbocycles. The summed E-state index contributed by atoms with van der Waals surface area (Å²) >= 11 is 0. The fourth-order valence-corrected chi connectivity index (χ4v) is 3.08. The number of nitrogens with one attached hydrogen (secondary N) is 1. The van der Waals surface area contributed by atoms with Gasteiger partial charge in [-0.25, -0.2) is 13.1 Å². The largest absolute Gasteiger partial charge is 0.387 e. The van der Waals surface area contributed by atoms with Crippen LogP contribution in [-0.4, -0.2) is 25.8 Å². The van der Waals surface area contributed by atoms with Crippen molar-refractivity contribution in [3.63, 3.8) is 0 Å². The van der Waals surface area contributed by atoms with Crippen LogP contribution in [0, 0.1) is 12.8 Å². The molecule has 0 spiro atoms. The number of aliphatic hydroxyl groups is 1. The molecule has 0 fully saturated rings. The van der Waals surface area contributed by atoms with Crippen molar-refractivity contribution in [1.29, 1.82) is 0 Å². The first-order chi connectivity index (χ1) is 8.82. The zero-order valence-corrected chi connectivity index (χ0v) is 12.6. The highest BCUT2D eigenvalue weighted by molar-refractivity contribution is 7.89. The SMILES string of the molecule is Cc1ccccc1C(O)CNS(=O)(=O)CCC(C)C. The van der Waals surface area contributed by atoms with Crippen LogP contribution in [0.5, 0.6) is 0 Å². The first-order valence-corrected chi connectivity index (χ1v) is 8.18. The molecule has 0 amide bonds. The van der Waals surface area contributed by atoms with E-state index in [1.54, 1.807) is 0 Å². The highest BCUT2D eigenvalue weighted by atomic mass is 32.2. The van der Waals surface area contributed by atoms with Crippen molar-refractivity contribution >= 4 is 10.0 Å². The van der Waals surface area contributed by atoms with Gasteiger partial charge in [-0.1, -0.05) is 38.1 Å². The van der Waals surface area contributed by atoms with Crippen LogP contribution >= 0.6 is 0 Å². The maximum atomic E-state index is 11.7. The molecule has 0 saturated heterocycles. The quantitative estimate of drug-likeness (QED) is 0.805. The van der Waals surface area contributed by atoms with Gasteiger partial charge in [0, 0.05) is 6.54 Å². The number of benzene rings is 1. The third-order valence-electron chi connectivity index (χ3n) is 3.01. The molecule has 0 bridgehead atoms. The molecule has 0 aliphatic rings. The first-order valence-electron chi connectivity index (χ1n) is 6.53. The smallest absolute Gasteiger partial charge is 0.211 e. The Kier molecular flexibility index (Phi) is 5.97. The molecule has 1 aromatic rings. The van der Waals surface area contributed by atoms with Crippen LogP contribution in [0.4, 0.5) is 0 Å². The Hall–Kier alpha value is -0.910. The standard InChI is InChI=1S/C14H23NO3S/c1-11(2)8-9-19(17,18)15-10-14(16)13-7-5-4-6-12(13)3/h4-7,11,14-16H,8-10H2,1-3H3. The minimum Gasteiger partial charge on any atom is -0.387 e. The molecule has 0 saturated carbocycles. The molecule has 108 valence electrons. The van der Waals surface area contributed by atoms with Gasteiger partial charge in [-0.05, 0) is 30.4 Å². The van der Waals surface area contributed by atoms with Gasteiger partial charge in [0.1, 0.15) is 0 Å². The summed E-state index contributed by atoms with van der Waals surface area (Å²) in [6, 6.07) is 7.42. The summed E-state index contributed by atoms with van der Waals surface area (Å²) in [6.45, 7) is 5.88. The molecule has 1 aromatic carbocycles. The molecule has 0 aromatic heterocycles. The van der Waals surface area contributed by atoms with E-state index in [-0.39, 0.29) is 12.3 Å². The van der Waals surface area contributed by atoms with Crippen LogP contribution in [-0.2, 0) is 10.0 Å². The molecule has 4 nitrogen and oxygen atoms in total. The summed E-state index contributed by atoms with van der Waals surface area (Å²) < 4.78 is 25.9. The summed E-state index contributed by atoms with van der Waals surface area (Å²) in [5.74, 6) is 0.448. The van der Waals surface area contributed by atoms with Crippen LogP contribution < -0.4 is 4.72 Å². The van der Waals surface area contributed by atoms with Crippen molar-refractivity contribution in [2.45, 2.75) is 33.3 Å². The van der Waals surface area contributed by atoms with Gasteiger partial charge in [0.15, 0.2) is 0 Å². The highest BCUT2D eigenvalue weighted by Crippen LogP contribution is 2.16. The van der Waals surface area contributed by atoms with Crippen molar-refractivity contribution in [2.75, 3.05) is 12.3 Å². The number of rotatable bonds is 7. The summed E-state index contributed by atoms with van der Waals surface area (Å²) in [5.41, 5.74) is 1.71. The molecule has 2 N–H and O–H groups in total. The van der Waals surface area contributed by atoms with Crippen LogP contribution in [0.15, 0.2) is 24.3 Å². The molecule has 1 atom stereocenters. The Morgan fingerprint density at radius 2 is 1.89 bits per heavy atom. The Morgan fingerprint density at radius 1 is 1.26 bits per heavy atom. The van der Waals surface area contributed by atoms with Gasteiger partial charge in [0.2, 0.25) is 10.0 Å². The zero-order valence-electron chi connectivity index (χ0n) is 11.8. The predicted molar refractivity (Wildman–Crippen MR) is 77.4 cm³/mol. The lowest BCUT2D eigenvalue weighted by molar-refractivity contribution is 0.181. The first kappa shape index (κ1) is 16.1. The number of aliphatic hydroxyl groups excluding tert-OH is 1. The molecular formula is C14H23NO3S. The Labute approximate surface area is 115 Å². The highest BCUT2D eigenvalue weighted by Gasteiger charge is 2.15. The second-order valence-electron chi connectivity index (χ2n) is 5.22. The van der Waals surface area contributed by atoms with Crippen LogP contribution in [0.3, 0.4) is 0 Å². The van der Waals surface area contributed by atoms with Crippen molar-refractivity contribution in [3.05, 3.63) is 35.4 Å². The third-order valence-corrected chi connectivity index (χ3v) is 4.39. The van der Waals surface area contributed by atoms with Crippen molar-refractivity contribution in [3.8, 4) is 0 Å². The molecule has 0 heterocycles. The van der Waals surface area contributed by atoms with Crippen LogP contribution in [0.25, 0.3) is 0 Å². The van der Waals surface area contributed by atoms with Gasteiger partial charge in [0.05, 0.1) is 11.9 Å². The van der Waals surface area contributed by atoms with E-state index >= 15 is 0 Å². The van der Waals surface area contributed by atoms with Crippen LogP contribution in [0.2, 0.25) is 0 Å². The number of hydrogen-bond acceptors (Lipinski definition) is 3. The minimum atomic E-state index is -3.30. The van der Waals surface area contributed by atoms with Gasteiger partial charge in [-0.15, -0.1) is 0 Å². The van der Waals surface area contributed by atoms with Crippen molar-refractivity contribution in [1.82, 2.24) is 4.72 Å². The molecular weight excluding hydrogens is 262 g/mol. The van der Waals surface area contributed by atoms with E-state index in [0.717, 1.165) is 11.1 Å². The lowest BCUT2D eigenvalue weighted by Gasteiger charge is -2.15. The third kappa shape index (κ3) is 5.72. The molecule has 5 heteroatoms. The minimum absolute atomic E-state index is 0.0191. The van der Waals surface area contributed by atoms with Gasteiger partial charge >= 0.3 is 0 Å². The molecule has 1 rings (SSSR count). The van der Waals surface area contributed by atoms with E-state index in [2.05, 4.69) is 4.72 Å². The van der Waals surface area contributed by atoms with Crippen molar-refractivity contribution < 1.29 is 13.5 Å². The van der Waals surface area contributed by atoms with Crippen LogP contribution in [0.1, 0.15) is 37.5 Å². The summed E-state index contributed by atoms with van der Waals surface area (Å²) in [4.78, 5) is 0. The topological polar surface area (TPSA) is 66.4 Å². The maximum Gasteiger partial charge on any atom is 0.211 e. The van der Waals surface area contributed by atoms with E-state index < -0.39 is 16.1 Å². The summed E-state index contributed by atoms with van der Waals surface area (Å²) in [7, 11) is -3.30. The number of hydrogen-bond donors (Lipinski definition) is 2. The average molecular weight is 285 g/mol.